The largest absolute Gasteiger partial charge is 0.305 e. The molecule has 2 aromatic heterocycles. The Labute approximate surface area is 162 Å². The van der Waals surface area contributed by atoms with E-state index < -0.39 is 0 Å². The predicted molar refractivity (Wildman–Crippen MR) is 111 cm³/mol. The average Bonchev–Trinajstić information content (AvgIpc) is 3.00. The van der Waals surface area contributed by atoms with Crippen molar-refractivity contribution in [2.24, 2.45) is 0 Å². The number of aryl methyl sites for hydroxylation is 5. The van der Waals surface area contributed by atoms with E-state index in [2.05, 4.69) is 35.1 Å². The Morgan fingerprint density at radius 1 is 1.22 bits per heavy atom. The van der Waals surface area contributed by atoms with Gasteiger partial charge in [0.15, 0.2) is 5.82 Å². The molecule has 0 radical (unpaired) electrons. The molecule has 1 aliphatic carbocycles. The fraction of sp³-hybridized carbons (Fsp3) is 0.318. The van der Waals surface area contributed by atoms with E-state index in [4.69, 9.17) is 0 Å². The van der Waals surface area contributed by atoms with Gasteiger partial charge in [0, 0.05) is 4.88 Å². The Morgan fingerprint density at radius 2 is 1.93 bits per heavy atom. The summed E-state index contributed by atoms with van der Waals surface area (Å²) in [5, 5.41) is 10.4. The van der Waals surface area contributed by atoms with Crippen molar-refractivity contribution in [3.05, 3.63) is 61.0 Å². The van der Waals surface area contributed by atoms with Gasteiger partial charge < -0.3 is 4.98 Å². The first-order chi connectivity index (χ1) is 13.0. The minimum Gasteiger partial charge on any atom is -0.305 e. The summed E-state index contributed by atoms with van der Waals surface area (Å²) in [6.07, 6.45) is 6.09. The normalized spacial score (nSPS) is 14.2. The molecule has 1 N–H and O–H groups in total. The molecule has 0 spiro atoms. The molecule has 136 valence electrons. The molecule has 0 saturated carbocycles. The number of fused-ring (bicyclic) bond motifs is 3. The number of rotatable bonds is 2. The number of nitrogens with one attached hydrogen (secondary N) is 1. The summed E-state index contributed by atoms with van der Waals surface area (Å²) in [5.74, 6) is 0.355. The highest BCUT2D eigenvalue weighted by atomic mass is 32.1. The molecule has 0 aliphatic heterocycles. The van der Waals surface area contributed by atoms with Gasteiger partial charge in [-0.15, -0.1) is 11.3 Å². The van der Waals surface area contributed by atoms with Crippen molar-refractivity contribution in [3.8, 4) is 6.07 Å². The van der Waals surface area contributed by atoms with E-state index in [0.29, 0.717) is 11.4 Å². The van der Waals surface area contributed by atoms with Gasteiger partial charge in [-0.05, 0) is 74.8 Å². The molecule has 0 saturated heterocycles. The lowest BCUT2D eigenvalue weighted by Crippen LogP contribution is -2.12. The molecule has 0 unspecified atom stereocenters. The molecule has 1 aromatic carbocycles. The van der Waals surface area contributed by atoms with Gasteiger partial charge >= 0.3 is 0 Å². The van der Waals surface area contributed by atoms with Crippen molar-refractivity contribution < 1.29 is 0 Å². The van der Waals surface area contributed by atoms with Crippen LogP contribution in [0.4, 0.5) is 0 Å². The van der Waals surface area contributed by atoms with Gasteiger partial charge in [-0.2, -0.15) is 5.26 Å². The third-order valence-corrected chi connectivity index (χ3v) is 6.41. The molecule has 0 amide bonds. The number of nitriles is 1. The zero-order chi connectivity index (χ0) is 19.1. The van der Waals surface area contributed by atoms with E-state index >= 15 is 0 Å². The summed E-state index contributed by atoms with van der Waals surface area (Å²) in [7, 11) is 0. The zero-order valence-corrected chi connectivity index (χ0v) is 16.6. The zero-order valence-electron chi connectivity index (χ0n) is 15.8. The summed E-state index contributed by atoms with van der Waals surface area (Å²) in [4.78, 5) is 22.3. The maximum atomic E-state index is 12.8. The average molecular weight is 375 g/mol. The molecule has 0 bridgehead atoms. The fourth-order valence-corrected chi connectivity index (χ4v) is 5.27. The quantitative estimate of drug-likeness (QED) is 0.651. The van der Waals surface area contributed by atoms with Gasteiger partial charge in [-0.1, -0.05) is 17.7 Å². The van der Waals surface area contributed by atoms with Crippen LogP contribution in [-0.4, -0.2) is 9.97 Å². The fourth-order valence-electron chi connectivity index (χ4n) is 4.01. The molecule has 4 nitrogen and oxygen atoms in total. The van der Waals surface area contributed by atoms with Crippen LogP contribution >= 0.6 is 11.3 Å². The standard InChI is InChI=1S/C22H21N3OS/c1-12-8-13(2)17(14(3)9-12)10-15(11-23)20-24-21(26)19-16-6-4-5-7-18(16)27-22(19)25-20/h8-10H,4-7H2,1-3H3,(H,24,25,26). The first-order valence-corrected chi connectivity index (χ1v) is 10.0. The molecule has 5 heteroatoms. The lowest BCUT2D eigenvalue weighted by Gasteiger charge is -2.09. The van der Waals surface area contributed by atoms with Gasteiger partial charge in [0.2, 0.25) is 0 Å². The van der Waals surface area contributed by atoms with Gasteiger partial charge in [0.05, 0.1) is 11.0 Å². The van der Waals surface area contributed by atoms with Gasteiger partial charge in [-0.25, -0.2) is 4.98 Å². The second-order valence-electron chi connectivity index (χ2n) is 7.29. The van der Waals surface area contributed by atoms with Crippen LogP contribution in [0.25, 0.3) is 21.9 Å². The maximum Gasteiger partial charge on any atom is 0.260 e. The number of hydrogen-bond donors (Lipinski definition) is 1. The third-order valence-electron chi connectivity index (χ3n) is 5.23. The summed E-state index contributed by atoms with van der Waals surface area (Å²) >= 11 is 1.60. The van der Waals surface area contributed by atoms with Crippen LogP contribution < -0.4 is 5.56 Å². The van der Waals surface area contributed by atoms with E-state index in [-0.39, 0.29) is 5.56 Å². The van der Waals surface area contributed by atoms with Crippen molar-refractivity contribution in [2.45, 2.75) is 46.5 Å². The molecule has 2 heterocycles. The van der Waals surface area contributed by atoms with E-state index in [0.717, 1.165) is 51.7 Å². The van der Waals surface area contributed by atoms with Crippen LogP contribution in [-0.2, 0) is 12.8 Å². The molecule has 0 atom stereocenters. The number of thiophene rings is 1. The van der Waals surface area contributed by atoms with Gasteiger partial charge in [0.25, 0.3) is 5.56 Å². The molecular formula is C22H21N3OS. The van der Waals surface area contributed by atoms with E-state index in [9.17, 15) is 10.1 Å². The Kier molecular flexibility index (Phi) is 4.45. The van der Waals surface area contributed by atoms with Crippen molar-refractivity contribution >= 4 is 33.2 Å². The van der Waals surface area contributed by atoms with Crippen LogP contribution in [0.15, 0.2) is 16.9 Å². The number of hydrogen-bond acceptors (Lipinski definition) is 4. The lowest BCUT2D eigenvalue weighted by molar-refractivity contribution is 0.700. The second-order valence-corrected chi connectivity index (χ2v) is 8.37. The van der Waals surface area contributed by atoms with E-state index in [1.54, 1.807) is 11.3 Å². The smallest absolute Gasteiger partial charge is 0.260 e. The number of H-pyrrole nitrogens is 1. The van der Waals surface area contributed by atoms with Crippen LogP contribution in [0.2, 0.25) is 0 Å². The highest BCUT2D eigenvalue weighted by Gasteiger charge is 2.20. The molecule has 0 fully saturated rings. The minimum atomic E-state index is -0.132. The molecule has 27 heavy (non-hydrogen) atoms. The first-order valence-electron chi connectivity index (χ1n) is 9.22. The monoisotopic (exact) mass is 375 g/mol. The number of aromatic amines is 1. The summed E-state index contributed by atoms with van der Waals surface area (Å²) in [6, 6.07) is 6.42. The highest BCUT2D eigenvalue weighted by Crippen LogP contribution is 2.34. The van der Waals surface area contributed by atoms with Crippen molar-refractivity contribution in [3.63, 3.8) is 0 Å². The van der Waals surface area contributed by atoms with Crippen molar-refractivity contribution in [1.82, 2.24) is 9.97 Å². The molecular weight excluding hydrogens is 354 g/mol. The highest BCUT2D eigenvalue weighted by molar-refractivity contribution is 7.18. The summed E-state index contributed by atoms with van der Waals surface area (Å²) < 4.78 is 0. The Balaban J connectivity index is 1.88. The molecule has 4 rings (SSSR count). The molecule has 3 aromatic rings. The SMILES string of the molecule is Cc1cc(C)c(C=C(C#N)c2nc3sc4c(c3c(=O)[nH]2)CCCC4)c(C)c1. The second kappa shape index (κ2) is 6.79. The third kappa shape index (κ3) is 3.11. The number of benzene rings is 1. The van der Waals surface area contributed by atoms with Crippen molar-refractivity contribution in [1.29, 1.82) is 5.26 Å². The summed E-state index contributed by atoms with van der Waals surface area (Å²) in [6.45, 7) is 6.13. The number of nitrogens with zero attached hydrogens (tertiary/aromatic N) is 2. The first kappa shape index (κ1) is 17.7. The van der Waals surface area contributed by atoms with Crippen LogP contribution in [0.1, 0.15) is 51.4 Å². The molecule has 1 aliphatic rings. The predicted octanol–water partition coefficient (Wildman–Crippen LogP) is 4.85. The number of aromatic nitrogens is 2. The number of allylic oxidation sites excluding steroid dienone is 1. The maximum absolute atomic E-state index is 12.8. The van der Waals surface area contributed by atoms with E-state index in [1.165, 1.54) is 16.9 Å². The van der Waals surface area contributed by atoms with Gasteiger partial charge in [0.1, 0.15) is 10.9 Å². The Bertz CT molecular complexity index is 1170. The topological polar surface area (TPSA) is 69.5 Å². The minimum absolute atomic E-state index is 0.132. The van der Waals surface area contributed by atoms with Crippen LogP contribution in [0, 0.1) is 32.1 Å². The van der Waals surface area contributed by atoms with Gasteiger partial charge in [-0.3, -0.25) is 4.79 Å². The Morgan fingerprint density at radius 3 is 2.63 bits per heavy atom. The Hall–Kier alpha value is -2.71. The van der Waals surface area contributed by atoms with E-state index in [1.807, 2.05) is 19.9 Å². The summed E-state index contributed by atoms with van der Waals surface area (Å²) in [5.41, 5.74) is 5.83. The van der Waals surface area contributed by atoms with Crippen molar-refractivity contribution in [2.75, 3.05) is 0 Å². The lowest BCUT2D eigenvalue weighted by atomic mass is 9.97. The van der Waals surface area contributed by atoms with Crippen LogP contribution in [0.5, 0.6) is 0 Å². The van der Waals surface area contributed by atoms with Crippen LogP contribution in [0.3, 0.4) is 0 Å².